The highest BCUT2D eigenvalue weighted by Gasteiger charge is 2.24. The van der Waals surface area contributed by atoms with E-state index in [1.807, 2.05) is 6.07 Å². The van der Waals surface area contributed by atoms with Gasteiger partial charge in [-0.1, -0.05) is 12.1 Å². The van der Waals surface area contributed by atoms with Crippen molar-refractivity contribution in [3.05, 3.63) is 58.3 Å². The monoisotopic (exact) mass is 272 g/mol. The predicted octanol–water partition coefficient (Wildman–Crippen LogP) is 2.00. The Hall–Kier alpha value is -2.94. The molecule has 5 nitrogen and oxygen atoms in total. The van der Waals surface area contributed by atoms with Gasteiger partial charge in [0.05, 0.1) is 0 Å². The summed E-state index contributed by atoms with van der Waals surface area (Å²) in [4.78, 5) is 11.0. The molecule has 0 radical (unpaired) electrons. The summed E-state index contributed by atoms with van der Waals surface area (Å²) in [6.07, 6.45) is 0. The first-order valence-electron chi connectivity index (χ1n) is 5.62. The third-order valence-corrected chi connectivity index (χ3v) is 2.92. The first-order chi connectivity index (χ1) is 9.45. The lowest BCUT2D eigenvalue weighted by Gasteiger charge is -2.10. The summed E-state index contributed by atoms with van der Waals surface area (Å²) in [5, 5.41) is 29.9. The average molecular weight is 272 g/mol. The molecule has 0 atom stereocenters. The minimum atomic E-state index is -1.39. The normalized spacial score (nSPS) is 10.1. The number of benzene rings is 1. The molecule has 0 amide bonds. The van der Waals surface area contributed by atoms with E-state index in [0.717, 1.165) is 6.07 Å². The Labute approximate surface area is 113 Å². The zero-order chi connectivity index (χ0) is 14.9. The maximum absolute atomic E-state index is 12.9. The fourth-order valence-corrected chi connectivity index (χ4v) is 1.89. The number of nitrogens with zero attached hydrogens (tertiary/aromatic N) is 2. The van der Waals surface area contributed by atoms with E-state index < -0.39 is 17.5 Å². The Morgan fingerprint density at radius 1 is 1.40 bits per heavy atom. The molecular weight excluding hydrogens is 263 g/mol. The minimum Gasteiger partial charge on any atom is -0.618 e. The molecule has 0 aliphatic heterocycles. The van der Waals surface area contributed by atoms with E-state index in [1.165, 1.54) is 31.2 Å². The highest BCUT2D eigenvalue weighted by Crippen LogP contribution is 2.25. The Morgan fingerprint density at radius 2 is 2.00 bits per heavy atom. The molecule has 100 valence electrons. The van der Waals surface area contributed by atoms with Gasteiger partial charge in [0, 0.05) is 18.6 Å². The number of aromatic carboxylic acids is 1. The van der Waals surface area contributed by atoms with Gasteiger partial charge in [-0.15, -0.1) is 0 Å². The molecule has 1 aromatic carbocycles. The minimum absolute atomic E-state index is 0.00766. The third-order valence-electron chi connectivity index (χ3n) is 2.92. The van der Waals surface area contributed by atoms with Gasteiger partial charge in [0.15, 0.2) is 0 Å². The van der Waals surface area contributed by atoms with Gasteiger partial charge in [0.1, 0.15) is 17.4 Å². The number of halogens is 1. The quantitative estimate of drug-likeness (QED) is 0.669. The van der Waals surface area contributed by atoms with E-state index >= 15 is 0 Å². The molecule has 0 aliphatic rings. The van der Waals surface area contributed by atoms with Crippen molar-refractivity contribution >= 4 is 5.97 Å². The molecule has 20 heavy (non-hydrogen) atoms. The Balaban J connectivity index is 2.78. The smallest absolute Gasteiger partial charge is 0.402 e. The Bertz CT molecular complexity index is 734. The molecular formula is C14H9FN2O3. The number of hydrogen-bond donors (Lipinski definition) is 1. The van der Waals surface area contributed by atoms with E-state index in [2.05, 4.69) is 0 Å². The second-order valence-corrected chi connectivity index (χ2v) is 4.12. The summed E-state index contributed by atoms with van der Waals surface area (Å²) >= 11 is 0. The van der Waals surface area contributed by atoms with Crippen molar-refractivity contribution < 1.29 is 19.0 Å². The van der Waals surface area contributed by atoms with E-state index in [9.17, 15) is 14.4 Å². The second-order valence-electron chi connectivity index (χ2n) is 4.12. The summed E-state index contributed by atoms with van der Waals surface area (Å²) in [7, 11) is 0. The van der Waals surface area contributed by atoms with Gasteiger partial charge in [-0.2, -0.15) is 9.99 Å². The standard InChI is InChI=1S/C14H9FN2O3/c1-8-12(7-16)11(6-13(14(18)19)17(8)20)9-2-4-10(15)5-3-9/h2-6H,1H3,(H,18,19). The molecule has 2 aromatic rings. The van der Waals surface area contributed by atoms with Crippen LogP contribution in [0.5, 0.6) is 0 Å². The number of hydrogen-bond acceptors (Lipinski definition) is 3. The zero-order valence-corrected chi connectivity index (χ0v) is 10.4. The van der Waals surface area contributed by atoms with Crippen LogP contribution < -0.4 is 4.73 Å². The van der Waals surface area contributed by atoms with Crippen molar-refractivity contribution in [3.63, 3.8) is 0 Å². The van der Waals surface area contributed by atoms with Crippen molar-refractivity contribution in [1.82, 2.24) is 0 Å². The van der Waals surface area contributed by atoms with Crippen LogP contribution in [0.4, 0.5) is 4.39 Å². The highest BCUT2D eigenvalue weighted by atomic mass is 19.1. The van der Waals surface area contributed by atoms with Gasteiger partial charge < -0.3 is 10.3 Å². The number of carbonyl (C=O) groups is 1. The third kappa shape index (κ3) is 2.17. The number of carboxylic acid groups (broad SMARTS) is 1. The van der Waals surface area contributed by atoms with Crippen LogP contribution in [-0.2, 0) is 0 Å². The summed E-state index contributed by atoms with van der Waals surface area (Å²) < 4.78 is 13.1. The van der Waals surface area contributed by atoms with Gasteiger partial charge >= 0.3 is 11.7 Å². The molecule has 0 saturated heterocycles. The first-order valence-corrected chi connectivity index (χ1v) is 5.62. The first kappa shape index (κ1) is 13.5. The van der Waals surface area contributed by atoms with Crippen LogP contribution in [0.3, 0.4) is 0 Å². The molecule has 0 unspecified atom stereocenters. The molecule has 1 heterocycles. The van der Waals surface area contributed by atoms with Crippen molar-refractivity contribution in [2.45, 2.75) is 6.92 Å². The van der Waals surface area contributed by atoms with E-state index in [-0.39, 0.29) is 21.6 Å². The van der Waals surface area contributed by atoms with E-state index in [0.29, 0.717) is 5.56 Å². The SMILES string of the molecule is Cc1c(C#N)c(-c2ccc(F)cc2)cc(C(=O)O)[n+]1[O-]. The number of pyridine rings is 1. The van der Waals surface area contributed by atoms with E-state index in [4.69, 9.17) is 10.4 Å². The number of nitriles is 1. The Morgan fingerprint density at radius 3 is 2.50 bits per heavy atom. The van der Waals surface area contributed by atoms with Crippen molar-refractivity contribution in [2.24, 2.45) is 0 Å². The fraction of sp³-hybridized carbons (Fsp3) is 0.0714. The molecule has 0 bridgehead atoms. The molecule has 0 saturated carbocycles. The number of aromatic nitrogens is 1. The van der Waals surface area contributed by atoms with E-state index in [1.54, 1.807) is 0 Å². The average Bonchev–Trinajstić information content (AvgIpc) is 2.42. The van der Waals surface area contributed by atoms with Gasteiger partial charge in [-0.3, -0.25) is 0 Å². The topological polar surface area (TPSA) is 88.0 Å². The lowest BCUT2D eigenvalue weighted by molar-refractivity contribution is -0.615. The maximum Gasteiger partial charge on any atom is 0.402 e. The molecule has 0 spiro atoms. The second kappa shape index (κ2) is 4.97. The zero-order valence-electron chi connectivity index (χ0n) is 10.4. The summed E-state index contributed by atoms with van der Waals surface area (Å²) in [6.45, 7) is 1.37. The molecule has 2 rings (SSSR count). The summed E-state index contributed by atoms with van der Waals surface area (Å²) in [6, 6.07) is 8.24. The predicted molar refractivity (Wildman–Crippen MR) is 67.2 cm³/mol. The van der Waals surface area contributed by atoms with Crippen molar-refractivity contribution in [3.8, 4) is 17.2 Å². The largest absolute Gasteiger partial charge is 0.618 e. The van der Waals surface area contributed by atoms with Crippen LogP contribution in [0.25, 0.3) is 11.1 Å². The lowest BCUT2D eigenvalue weighted by atomic mass is 9.98. The number of rotatable bonds is 2. The molecule has 6 heteroatoms. The molecule has 1 aromatic heterocycles. The molecule has 0 fully saturated rings. The number of carboxylic acids is 1. The summed E-state index contributed by atoms with van der Waals surface area (Å²) in [5.74, 6) is -1.84. The maximum atomic E-state index is 12.9. The summed E-state index contributed by atoms with van der Waals surface area (Å²) in [5.41, 5.74) is 0.327. The Kier molecular flexibility index (Phi) is 3.36. The van der Waals surface area contributed by atoms with Crippen LogP contribution in [0.2, 0.25) is 0 Å². The van der Waals surface area contributed by atoms with Crippen molar-refractivity contribution in [2.75, 3.05) is 0 Å². The van der Waals surface area contributed by atoms with Crippen molar-refractivity contribution in [1.29, 1.82) is 5.26 Å². The van der Waals surface area contributed by atoms with Crippen LogP contribution in [0.15, 0.2) is 30.3 Å². The fourth-order valence-electron chi connectivity index (χ4n) is 1.89. The van der Waals surface area contributed by atoms with Crippen LogP contribution in [0, 0.1) is 29.3 Å². The van der Waals surface area contributed by atoms with Crippen LogP contribution in [-0.4, -0.2) is 11.1 Å². The van der Waals surface area contributed by atoms with Crippen LogP contribution >= 0.6 is 0 Å². The van der Waals surface area contributed by atoms with Gasteiger partial charge in [-0.05, 0) is 17.7 Å². The van der Waals surface area contributed by atoms with Gasteiger partial charge in [-0.25, -0.2) is 9.18 Å². The lowest BCUT2D eigenvalue weighted by Crippen LogP contribution is -2.38. The van der Waals surface area contributed by atoms with Crippen LogP contribution in [0.1, 0.15) is 21.7 Å². The molecule has 0 aliphatic carbocycles. The molecule has 1 N–H and O–H groups in total. The highest BCUT2D eigenvalue weighted by molar-refractivity contribution is 5.86. The van der Waals surface area contributed by atoms with Gasteiger partial charge in [0.25, 0.3) is 0 Å². The van der Waals surface area contributed by atoms with Gasteiger partial charge in [0.2, 0.25) is 5.69 Å².